The molecule has 170 valence electrons. The fraction of sp³-hybridized carbons (Fsp3) is 0.217. The van der Waals surface area contributed by atoms with E-state index in [0.717, 1.165) is 10.6 Å². The van der Waals surface area contributed by atoms with Gasteiger partial charge >= 0.3 is 11.9 Å². The molecular formula is C23H19ClN2O6S. The van der Waals surface area contributed by atoms with Crippen LogP contribution in [-0.4, -0.2) is 30.5 Å². The van der Waals surface area contributed by atoms with E-state index in [4.69, 9.17) is 21.1 Å². The van der Waals surface area contributed by atoms with Crippen LogP contribution in [0.25, 0.3) is 0 Å². The Balaban J connectivity index is 1.51. The molecule has 0 spiro atoms. The summed E-state index contributed by atoms with van der Waals surface area (Å²) in [5.41, 5.74) is 1.74. The van der Waals surface area contributed by atoms with Gasteiger partial charge in [0.2, 0.25) is 0 Å². The summed E-state index contributed by atoms with van der Waals surface area (Å²) < 4.78 is 10.5. The maximum Gasteiger partial charge on any atom is 0.344 e. The first kappa shape index (κ1) is 22.8. The molecule has 3 aromatic rings. The van der Waals surface area contributed by atoms with E-state index in [1.807, 2.05) is 18.2 Å². The molecule has 0 aliphatic carbocycles. The molecule has 0 radical (unpaired) electrons. The summed E-state index contributed by atoms with van der Waals surface area (Å²) in [5, 5.41) is 15.8. The summed E-state index contributed by atoms with van der Waals surface area (Å²) in [5.74, 6) is -1.63. The van der Waals surface area contributed by atoms with Crippen LogP contribution in [0, 0.1) is 16.0 Å². The first-order valence-corrected chi connectivity index (χ1v) is 11.2. The number of fused-ring (bicyclic) bond motifs is 1. The van der Waals surface area contributed by atoms with Gasteiger partial charge in [-0.1, -0.05) is 41.1 Å². The van der Waals surface area contributed by atoms with Gasteiger partial charge < -0.3 is 14.8 Å². The number of rotatable bonds is 6. The molecule has 2 heterocycles. The molecule has 0 fully saturated rings. The summed E-state index contributed by atoms with van der Waals surface area (Å²) in [4.78, 5) is 35.3. The van der Waals surface area contributed by atoms with Gasteiger partial charge in [0, 0.05) is 23.7 Å². The number of nitrogens with one attached hydrogen (secondary N) is 1. The Morgan fingerprint density at radius 1 is 1.21 bits per heavy atom. The SMILES string of the molecule is COC(=O)[C@H](c1ccccc1Cl)C1CNc2sc(OC(=O)c3ccc([N+](=O)[O-])cc3)cc2C1. The zero-order valence-electron chi connectivity index (χ0n) is 17.4. The van der Waals surface area contributed by atoms with E-state index in [-0.39, 0.29) is 23.1 Å². The number of ether oxygens (including phenoxy) is 2. The minimum atomic E-state index is -0.608. The second kappa shape index (κ2) is 9.60. The zero-order valence-corrected chi connectivity index (χ0v) is 19.0. The monoisotopic (exact) mass is 486 g/mol. The van der Waals surface area contributed by atoms with Crippen molar-refractivity contribution in [1.29, 1.82) is 0 Å². The number of nitro benzene ring substituents is 1. The third kappa shape index (κ3) is 4.84. The van der Waals surface area contributed by atoms with Crippen LogP contribution in [0.4, 0.5) is 10.7 Å². The van der Waals surface area contributed by atoms with E-state index in [9.17, 15) is 19.7 Å². The number of carbonyl (C=O) groups excluding carboxylic acids is 2. The van der Waals surface area contributed by atoms with E-state index in [1.54, 1.807) is 12.1 Å². The van der Waals surface area contributed by atoms with Crippen LogP contribution in [0.5, 0.6) is 5.06 Å². The maximum atomic E-state index is 12.6. The highest BCUT2D eigenvalue weighted by Gasteiger charge is 2.35. The zero-order chi connectivity index (χ0) is 23.5. The van der Waals surface area contributed by atoms with Crippen LogP contribution < -0.4 is 10.1 Å². The predicted octanol–water partition coefficient (Wildman–Crippen LogP) is 5.07. The molecular weight excluding hydrogens is 468 g/mol. The van der Waals surface area contributed by atoms with Crippen molar-refractivity contribution in [2.75, 3.05) is 19.0 Å². The van der Waals surface area contributed by atoms with Crippen LogP contribution in [0.3, 0.4) is 0 Å². The number of methoxy groups -OCH3 is 1. The Kier molecular flexibility index (Phi) is 6.62. The van der Waals surface area contributed by atoms with Crippen molar-refractivity contribution in [2.45, 2.75) is 12.3 Å². The van der Waals surface area contributed by atoms with Crippen LogP contribution >= 0.6 is 22.9 Å². The summed E-state index contributed by atoms with van der Waals surface area (Å²) in [6, 6.07) is 14.2. The molecule has 0 saturated heterocycles. The van der Waals surface area contributed by atoms with Gasteiger partial charge in [0.25, 0.3) is 5.69 Å². The molecule has 1 unspecified atom stereocenters. The average Bonchev–Trinajstić information content (AvgIpc) is 3.22. The summed E-state index contributed by atoms with van der Waals surface area (Å²) in [6.45, 7) is 0.522. The van der Waals surface area contributed by atoms with E-state index >= 15 is 0 Å². The first-order chi connectivity index (χ1) is 15.9. The Morgan fingerprint density at radius 2 is 1.94 bits per heavy atom. The van der Waals surface area contributed by atoms with E-state index in [2.05, 4.69) is 5.32 Å². The van der Waals surface area contributed by atoms with Gasteiger partial charge in [0.1, 0.15) is 0 Å². The maximum absolute atomic E-state index is 12.6. The summed E-state index contributed by atoms with van der Waals surface area (Å²) in [7, 11) is 1.36. The number of hydrogen-bond acceptors (Lipinski definition) is 8. The Bertz CT molecular complexity index is 1210. The van der Waals surface area contributed by atoms with Crippen LogP contribution in [0.2, 0.25) is 5.02 Å². The molecule has 1 aromatic heterocycles. The summed E-state index contributed by atoms with van der Waals surface area (Å²) >= 11 is 7.65. The molecule has 0 bridgehead atoms. The van der Waals surface area contributed by atoms with Crippen LogP contribution in [-0.2, 0) is 16.0 Å². The highest BCUT2D eigenvalue weighted by Crippen LogP contribution is 2.42. The number of non-ortho nitro benzene ring substituents is 1. The average molecular weight is 487 g/mol. The van der Waals surface area contributed by atoms with E-state index < -0.39 is 16.8 Å². The molecule has 1 N–H and O–H groups in total. The van der Waals surface area contributed by atoms with Crippen molar-refractivity contribution in [3.63, 3.8) is 0 Å². The van der Waals surface area contributed by atoms with Gasteiger partial charge in [-0.15, -0.1) is 0 Å². The molecule has 1 aliphatic rings. The Morgan fingerprint density at radius 3 is 2.61 bits per heavy atom. The van der Waals surface area contributed by atoms with Crippen LogP contribution in [0.15, 0.2) is 54.6 Å². The number of benzene rings is 2. The van der Waals surface area contributed by atoms with Crippen molar-refractivity contribution in [2.24, 2.45) is 5.92 Å². The summed E-state index contributed by atoms with van der Waals surface area (Å²) in [6.07, 6.45) is 0.568. The van der Waals surface area contributed by atoms with E-state index in [1.165, 1.54) is 42.7 Å². The first-order valence-electron chi connectivity index (χ1n) is 10.0. The number of carbonyl (C=O) groups is 2. The Labute approximate surface area is 198 Å². The third-order valence-electron chi connectivity index (χ3n) is 5.47. The van der Waals surface area contributed by atoms with E-state index in [0.29, 0.717) is 28.6 Å². The lowest BCUT2D eigenvalue weighted by Gasteiger charge is -2.30. The van der Waals surface area contributed by atoms with Gasteiger partial charge in [0.05, 0.1) is 28.5 Å². The molecule has 0 saturated carbocycles. The number of anilines is 1. The van der Waals surface area contributed by atoms with Gasteiger partial charge in [0.15, 0.2) is 5.06 Å². The van der Waals surface area contributed by atoms with Gasteiger partial charge in [-0.2, -0.15) is 0 Å². The highest BCUT2D eigenvalue weighted by molar-refractivity contribution is 7.18. The number of thiophene rings is 1. The molecule has 2 aromatic carbocycles. The topological polar surface area (TPSA) is 108 Å². The van der Waals surface area contributed by atoms with Crippen molar-refractivity contribution in [3.8, 4) is 5.06 Å². The molecule has 1 aliphatic heterocycles. The van der Waals surface area contributed by atoms with Gasteiger partial charge in [-0.25, -0.2) is 4.79 Å². The normalized spacial score (nSPS) is 15.6. The molecule has 10 heteroatoms. The Hall–Kier alpha value is -3.43. The minimum absolute atomic E-state index is 0.105. The molecule has 4 rings (SSSR count). The predicted molar refractivity (Wildman–Crippen MR) is 124 cm³/mol. The lowest BCUT2D eigenvalue weighted by atomic mass is 9.81. The van der Waals surface area contributed by atoms with Gasteiger partial charge in [-0.05, 0) is 47.7 Å². The van der Waals surface area contributed by atoms with Crippen molar-refractivity contribution >= 4 is 45.6 Å². The molecule has 0 amide bonds. The second-order valence-electron chi connectivity index (χ2n) is 7.48. The quantitative estimate of drug-likeness (QED) is 0.294. The largest absolute Gasteiger partial charge is 0.469 e. The third-order valence-corrected chi connectivity index (χ3v) is 6.82. The number of hydrogen-bond donors (Lipinski definition) is 1. The molecule has 8 nitrogen and oxygen atoms in total. The van der Waals surface area contributed by atoms with Crippen molar-refractivity contribution < 1.29 is 24.0 Å². The van der Waals surface area contributed by atoms with Crippen LogP contribution in [0.1, 0.15) is 27.4 Å². The number of esters is 2. The highest BCUT2D eigenvalue weighted by atomic mass is 35.5. The fourth-order valence-electron chi connectivity index (χ4n) is 3.87. The van der Waals surface area contributed by atoms with Crippen molar-refractivity contribution in [3.05, 3.63) is 86.4 Å². The second-order valence-corrected chi connectivity index (χ2v) is 8.90. The lowest BCUT2D eigenvalue weighted by Crippen LogP contribution is -2.32. The minimum Gasteiger partial charge on any atom is -0.469 e. The molecule has 2 atom stereocenters. The van der Waals surface area contributed by atoms with Crippen molar-refractivity contribution in [1.82, 2.24) is 0 Å². The number of halogens is 1. The standard InChI is InChI=1S/C23H19ClN2O6S/c1-31-23(28)20(17-4-2-3-5-18(17)24)15-10-14-11-19(33-21(14)25-12-15)32-22(27)13-6-8-16(9-7-13)26(29)30/h2-9,11,15,20,25H,10,12H2,1H3/t15?,20-/m0/s1. The smallest absolute Gasteiger partial charge is 0.344 e. The number of nitrogens with zero attached hydrogens (tertiary/aromatic N) is 1. The fourth-order valence-corrected chi connectivity index (χ4v) is 5.07. The lowest BCUT2D eigenvalue weighted by molar-refractivity contribution is -0.384. The van der Waals surface area contributed by atoms with Gasteiger partial charge in [-0.3, -0.25) is 14.9 Å². The molecule has 33 heavy (non-hydrogen) atoms. The number of nitro groups is 1.